The van der Waals surface area contributed by atoms with Crippen molar-refractivity contribution >= 4 is 63.5 Å². The summed E-state index contributed by atoms with van der Waals surface area (Å²) >= 11 is 3.72. The summed E-state index contributed by atoms with van der Waals surface area (Å²) in [4.78, 5) is 42.7. The van der Waals surface area contributed by atoms with Gasteiger partial charge >= 0.3 is 5.97 Å². The number of carbonyl (C=O) groups excluding carboxylic acids is 2. The van der Waals surface area contributed by atoms with Gasteiger partial charge < -0.3 is 30.8 Å². The zero-order valence-corrected chi connectivity index (χ0v) is 18.2. The van der Waals surface area contributed by atoms with E-state index in [9.17, 15) is 24.7 Å². The predicted octanol–water partition coefficient (Wildman–Crippen LogP) is -0.294. The molecule has 1 aromatic rings. The predicted molar refractivity (Wildman–Crippen MR) is 113 cm³/mol. The fraction of sp³-hybridized carbons (Fsp3) is 0.438. The fourth-order valence-corrected chi connectivity index (χ4v) is 6.36. The number of fused-ring (bicyclic) bond motifs is 1. The van der Waals surface area contributed by atoms with Crippen molar-refractivity contribution in [2.75, 3.05) is 30.6 Å². The smallest absolute Gasteiger partial charge is 0.353 e. The Morgan fingerprint density at radius 3 is 2.90 bits per heavy atom. The normalized spacial score (nSPS) is 25.9. The van der Waals surface area contributed by atoms with Gasteiger partial charge in [0.1, 0.15) is 29.6 Å². The third-order valence-corrected chi connectivity index (χ3v) is 8.00. The summed E-state index contributed by atoms with van der Waals surface area (Å²) in [5.74, 6) is -1.72. The maximum absolute atomic E-state index is 12.7. The molecule has 0 aliphatic carbocycles. The van der Waals surface area contributed by atoms with Crippen LogP contribution in [0.5, 0.6) is 0 Å². The molecule has 15 heteroatoms. The number of thiazole rings is 1. The summed E-state index contributed by atoms with van der Waals surface area (Å²) in [6, 6.07) is -0.960. The van der Waals surface area contributed by atoms with Crippen molar-refractivity contribution < 1.29 is 34.2 Å². The highest BCUT2D eigenvalue weighted by Crippen LogP contribution is 2.43. The highest BCUT2D eigenvalue weighted by Gasteiger charge is 2.54. The van der Waals surface area contributed by atoms with Crippen molar-refractivity contribution in [3.63, 3.8) is 0 Å². The number of carboxylic acid groups (broad SMARTS) is 1. The molecule has 3 unspecified atom stereocenters. The molecule has 4 heterocycles. The molecular weight excluding hydrogens is 470 g/mol. The van der Waals surface area contributed by atoms with Gasteiger partial charge in [0.05, 0.1) is 12.7 Å². The topological polar surface area (TPSA) is 177 Å². The number of nitrogens with zero attached hydrogens (tertiary/aromatic N) is 3. The van der Waals surface area contributed by atoms with E-state index in [1.54, 1.807) is 0 Å². The standard InChI is InChI=1S/C16H17N5O7S3/c17-16-18-7(3-31-16)9(20-26)12(22)19-10-13(23)21-11(15(24)25)8(4-30-14(10)21)29-2-6-1-27-5-28-6/h3,6,10,14,26H,1-2,4-5H2,(H2,17,18)(H,19,22)(H,24,25)/b20-9-. The second-order valence-electron chi connectivity index (χ2n) is 6.55. The molecule has 12 nitrogen and oxygen atoms in total. The number of nitrogen functional groups attached to an aromatic ring is 1. The fourth-order valence-electron chi connectivity index (χ4n) is 3.18. The van der Waals surface area contributed by atoms with Crippen LogP contribution in [-0.2, 0) is 23.9 Å². The van der Waals surface area contributed by atoms with Crippen molar-refractivity contribution in [1.29, 1.82) is 0 Å². The van der Waals surface area contributed by atoms with Gasteiger partial charge in [-0.3, -0.25) is 14.5 Å². The van der Waals surface area contributed by atoms with Crippen LogP contribution in [0.4, 0.5) is 5.13 Å². The van der Waals surface area contributed by atoms with Crippen LogP contribution in [0.3, 0.4) is 0 Å². The maximum atomic E-state index is 12.7. The minimum absolute atomic E-state index is 0.0744. The van der Waals surface area contributed by atoms with E-state index in [2.05, 4.69) is 15.5 Å². The molecule has 2 saturated heterocycles. The van der Waals surface area contributed by atoms with Crippen LogP contribution >= 0.6 is 34.9 Å². The Kier molecular flexibility index (Phi) is 6.38. The summed E-state index contributed by atoms with van der Waals surface area (Å²) in [5, 5.41) is 25.4. The summed E-state index contributed by atoms with van der Waals surface area (Å²) < 4.78 is 10.5. The van der Waals surface area contributed by atoms with Crippen LogP contribution < -0.4 is 11.1 Å². The van der Waals surface area contributed by atoms with Gasteiger partial charge in [0.2, 0.25) is 0 Å². The number of anilines is 1. The van der Waals surface area contributed by atoms with Crippen molar-refractivity contribution in [3.05, 3.63) is 21.7 Å². The zero-order chi connectivity index (χ0) is 22.1. The number of nitrogens with two attached hydrogens (primary N) is 1. The van der Waals surface area contributed by atoms with Gasteiger partial charge in [-0.15, -0.1) is 34.9 Å². The van der Waals surface area contributed by atoms with Gasteiger partial charge in [0.25, 0.3) is 11.8 Å². The van der Waals surface area contributed by atoms with Crippen LogP contribution in [0.25, 0.3) is 0 Å². The van der Waals surface area contributed by atoms with E-state index in [0.29, 0.717) is 23.0 Å². The van der Waals surface area contributed by atoms with Gasteiger partial charge in [-0.05, 0) is 0 Å². The second kappa shape index (κ2) is 9.04. The van der Waals surface area contributed by atoms with Gasteiger partial charge in [0, 0.05) is 21.8 Å². The van der Waals surface area contributed by atoms with Gasteiger partial charge in [0.15, 0.2) is 10.8 Å². The number of amides is 2. The maximum Gasteiger partial charge on any atom is 0.353 e. The largest absolute Gasteiger partial charge is 0.477 e. The summed E-state index contributed by atoms with van der Waals surface area (Å²) in [6.45, 7) is 0.653. The van der Waals surface area contributed by atoms with Gasteiger partial charge in [-0.25, -0.2) is 9.78 Å². The molecule has 3 aliphatic heterocycles. The van der Waals surface area contributed by atoms with E-state index in [1.807, 2.05) is 0 Å². The Bertz CT molecular complexity index is 975. The second-order valence-corrected chi connectivity index (χ2v) is 9.66. The van der Waals surface area contributed by atoms with Crippen molar-refractivity contribution in [2.24, 2.45) is 5.16 Å². The molecule has 5 N–H and O–H groups in total. The molecule has 31 heavy (non-hydrogen) atoms. The average molecular weight is 488 g/mol. The molecule has 166 valence electrons. The summed E-state index contributed by atoms with van der Waals surface area (Å²) in [6.07, 6.45) is -0.134. The van der Waals surface area contributed by atoms with Crippen molar-refractivity contribution in [2.45, 2.75) is 17.5 Å². The first kappa shape index (κ1) is 21.9. The van der Waals surface area contributed by atoms with Crippen LogP contribution in [-0.4, -0.2) is 86.1 Å². The first-order valence-electron chi connectivity index (χ1n) is 8.88. The molecule has 0 saturated carbocycles. The summed E-state index contributed by atoms with van der Waals surface area (Å²) in [5.41, 5.74) is 5.14. The highest BCUT2D eigenvalue weighted by molar-refractivity contribution is 8.06. The van der Waals surface area contributed by atoms with E-state index in [0.717, 1.165) is 11.3 Å². The van der Waals surface area contributed by atoms with Crippen molar-refractivity contribution in [1.82, 2.24) is 15.2 Å². The molecular formula is C16H17N5O7S3. The highest BCUT2D eigenvalue weighted by atomic mass is 32.2. The van der Waals surface area contributed by atoms with Crippen LogP contribution in [0.2, 0.25) is 0 Å². The molecule has 3 aliphatic rings. The van der Waals surface area contributed by atoms with Crippen LogP contribution in [0, 0.1) is 0 Å². The number of aromatic nitrogens is 1. The number of rotatable bonds is 7. The van der Waals surface area contributed by atoms with Crippen molar-refractivity contribution in [3.8, 4) is 0 Å². The number of nitrogens with one attached hydrogen (secondary N) is 1. The number of carboxylic acids is 1. The zero-order valence-electron chi connectivity index (χ0n) is 15.7. The monoisotopic (exact) mass is 487 g/mol. The first-order valence-corrected chi connectivity index (χ1v) is 11.8. The molecule has 3 atom stereocenters. The molecule has 0 radical (unpaired) electrons. The lowest BCUT2D eigenvalue weighted by Crippen LogP contribution is -2.71. The lowest BCUT2D eigenvalue weighted by molar-refractivity contribution is -0.150. The molecule has 0 aromatic carbocycles. The molecule has 0 spiro atoms. The number of hydrogen-bond acceptors (Lipinski definition) is 12. The number of aliphatic carboxylic acids is 1. The third-order valence-electron chi connectivity index (χ3n) is 4.64. The lowest BCUT2D eigenvalue weighted by Gasteiger charge is -2.49. The van der Waals surface area contributed by atoms with Crippen LogP contribution in [0.15, 0.2) is 21.1 Å². The third kappa shape index (κ3) is 4.23. The molecule has 1 aromatic heterocycles. The van der Waals surface area contributed by atoms with Crippen LogP contribution in [0.1, 0.15) is 5.69 Å². The Balaban J connectivity index is 1.45. The van der Waals surface area contributed by atoms with E-state index in [-0.39, 0.29) is 35.1 Å². The Labute approximate surface area is 187 Å². The summed E-state index contributed by atoms with van der Waals surface area (Å²) in [7, 11) is 0. The minimum Gasteiger partial charge on any atom is -0.477 e. The Hall–Kier alpha value is -2.33. The van der Waals surface area contributed by atoms with E-state index in [1.165, 1.54) is 33.8 Å². The molecule has 4 rings (SSSR count). The van der Waals surface area contributed by atoms with Gasteiger partial charge in [-0.2, -0.15) is 0 Å². The van der Waals surface area contributed by atoms with E-state index >= 15 is 0 Å². The average Bonchev–Trinajstić information content (AvgIpc) is 3.42. The number of β-lactam (4-membered cyclic amide) rings is 1. The quantitative estimate of drug-likeness (QED) is 0.172. The number of carbonyl (C=O) groups is 3. The molecule has 2 amide bonds. The lowest BCUT2D eigenvalue weighted by atomic mass is 10.0. The Morgan fingerprint density at radius 2 is 2.29 bits per heavy atom. The minimum atomic E-state index is -1.22. The number of ether oxygens (including phenoxy) is 2. The first-order chi connectivity index (χ1) is 14.9. The molecule has 2 fully saturated rings. The van der Waals surface area contributed by atoms with Gasteiger partial charge in [-0.1, -0.05) is 5.16 Å². The number of thioether (sulfide) groups is 2. The molecule has 0 bridgehead atoms. The number of hydrogen-bond donors (Lipinski definition) is 4. The Morgan fingerprint density at radius 1 is 1.48 bits per heavy atom. The van der Waals surface area contributed by atoms with E-state index < -0.39 is 29.2 Å². The number of oxime groups is 1. The SMILES string of the molecule is Nc1nc(/C(=N/O)C(=O)NC2C(=O)N3C(C(=O)O)=C(SCC4COCO4)CSC23)cs1. The van der Waals surface area contributed by atoms with E-state index in [4.69, 9.17) is 15.2 Å².